The number of hydrazine groups is 1. The van der Waals surface area contributed by atoms with Crippen molar-refractivity contribution in [3.8, 4) is 16.8 Å². The average Bonchev–Trinajstić information content (AvgIpc) is 3.12. The average molecular weight is 439 g/mol. The Kier molecular flexibility index (Phi) is 6.28. The number of pyridine rings is 1. The van der Waals surface area contributed by atoms with E-state index in [1.807, 2.05) is 0 Å². The van der Waals surface area contributed by atoms with E-state index in [2.05, 4.69) is 15.4 Å². The van der Waals surface area contributed by atoms with E-state index >= 15 is 0 Å². The lowest BCUT2D eigenvalue weighted by molar-refractivity contribution is 0.198. The maximum absolute atomic E-state index is 14.8. The van der Waals surface area contributed by atoms with Crippen LogP contribution < -0.4 is 11.2 Å². The van der Waals surface area contributed by atoms with Gasteiger partial charge in [-0.15, -0.1) is 0 Å². The molecule has 3 rings (SSSR count). The van der Waals surface area contributed by atoms with E-state index in [0.29, 0.717) is 0 Å². The summed E-state index contributed by atoms with van der Waals surface area (Å²) in [4.78, 5) is 16.0. The predicted molar refractivity (Wildman–Crippen MR) is 105 cm³/mol. The van der Waals surface area contributed by atoms with Crippen molar-refractivity contribution in [2.45, 2.75) is 19.9 Å². The third kappa shape index (κ3) is 4.39. The Labute approximate surface area is 175 Å². The molecule has 0 saturated carbocycles. The molecule has 2 aromatic heterocycles. The van der Waals surface area contributed by atoms with Crippen molar-refractivity contribution in [2.75, 3.05) is 6.54 Å². The van der Waals surface area contributed by atoms with Gasteiger partial charge in [-0.3, -0.25) is 9.99 Å². The number of hydrogen-bond donors (Lipinski definition) is 2. The number of nitrogens with zero attached hydrogens (tertiary/aromatic N) is 4. The number of urea groups is 1. The summed E-state index contributed by atoms with van der Waals surface area (Å²) in [6.45, 7) is 3.50. The molecule has 0 aliphatic heterocycles. The van der Waals surface area contributed by atoms with Gasteiger partial charge in [0.05, 0.1) is 24.1 Å². The van der Waals surface area contributed by atoms with Gasteiger partial charge in [0.25, 0.3) is 0 Å². The van der Waals surface area contributed by atoms with Crippen LogP contribution in [0.2, 0.25) is 5.02 Å². The number of carbonyl (C=O) groups is 1. The van der Waals surface area contributed by atoms with E-state index in [0.717, 1.165) is 34.2 Å². The Morgan fingerprint density at radius 3 is 2.60 bits per heavy atom. The number of nitrogens with two attached hydrogens (primary N) is 1. The summed E-state index contributed by atoms with van der Waals surface area (Å²) in [5.41, 5.74) is 0.207. The highest BCUT2D eigenvalue weighted by molar-refractivity contribution is 6.31. The maximum Gasteiger partial charge on any atom is 0.332 e. The Morgan fingerprint density at radius 2 is 2.00 bits per heavy atom. The lowest BCUT2D eigenvalue weighted by Crippen LogP contribution is -2.45. The first-order chi connectivity index (χ1) is 14.2. The van der Waals surface area contributed by atoms with E-state index in [9.17, 15) is 18.0 Å². The van der Waals surface area contributed by atoms with E-state index in [-0.39, 0.29) is 34.1 Å². The molecular formula is C19H18ClF3N6O. The van der Waals surface area contributed by atoms with Crippen LogP contribution in [0.1, 0.15) is 25.6 Å². The van der Waals surface area contributed by atoms with Gasteiger partial charge in [-0.05, 0) is 32.0 Å². The molecule has 0 aliphatic carbocycles. The highest BCUT2D eigenvalue weighted by atomic mass is 35.5. The molecule has 0 spiro atoms. The largest absolute Gasteiger partial charge is 0.332 e. The quantitative estimate of drug-likeness (QED) is 0.358. The smallest absolute Gasteiger partial charge is 0.329 e. The summed E-state index contributed by atoms with van der Waals surface area (Å²) in [5.74, 6) is 3.33. The van der Waals surface area contributed by atoms with E-state index in [1.165, 1.54) is 12.3 Å². The summed E-state index contributed by atoms with van der Waals surface area (Å²) >= 11 is 5.96. The molecule has 7 nitrogen and oxygen atoms in total. The standard InChI is InChI=1S/C19H18ClF3N6O/c1-3-28(24)19(30)27-10(2)17-15(22)4-11(7-25-17)14-5-12(20)6-16(23)18(14)29-9-13(21)8-26-29/h4-10H,3,24H2,1-2H3,(H,27,30)/t10-/m1/s1. The Balaban J connectivity index is 2.00. The van der Waals surface area contributed by atoms with Gasteiger partial charge in [-0.2, -0.15) is 5.10 Å². The van der Waals surface area contributed by atoms with Crippen molar-refractivity contribution in [3.05, 3.63) is 65.0 Å². The minimum absolute atomic E-state index is 0.0363. The van der Waals surface area contributed by atoms with Crippen molar-refractivity contribution in [1.29, 1.82) is 0 Å². The van der Waals surface area contributed by atoms with E-state index in [4.69, 9.17) is 17.4 Å². The molecule has 3 aromatic rings. The zero-order chi connectivity index (χ0) is 22.0. The summed E-state index contributed by atoms with van der Waals surface area (Å²) < 4.78 is 43.8. The second kappa shape index (κ2) is 8.72. The fraction of sp³-hybridized carbons (Fsp3) is 0.211. The highest BCUT2D eigenvalue weighted by Crippen LogP contribution is 2.33. The minimum Gasteiger partial charge on any atom is -0.329 e. The van der Waals surface area contributed by atoms with Crippen molar-refractivity contribution < 1.29 is 18.0 Å². The van der Waals surface area contributed by atoms with Crippen LogP contribution in [0.4, 0.5) is 18.0 Å². The molecule has 11 heteroatoms. The van der Waals surface area contributed by atoms with Gasteiger partial charge in [0, 0.05) is 28.9 Å². The summed E-state index contributed by atoms with van der Waals surface area (Å²) in [6, 6.07) is 2.20. The number of nitrogens with one attached hydrogen (secondary N) is 1. The highest BCUT2D eigenvalue weighted by Gasteiger charge is 2.21. The first kappa shape index (κ1) is 21.6. The molecule has 0 radical (unpaired) electrons. The topological polar surface area (TPSA) is 89.1 Å². The van der Waals surface area contributed by atoms with Crippen LogP contribution in [0, 0.1) is 17.5 Å². The fourth-order valence-corrected chi connectivity index (χ4v) is 3.04. The number of aromatic nitrogens is 3. The molecule has 0 unspecified atom stereocenters. The van der Waals surface area contributed by atoms with Crippen LogP contribution in [-0.2, 0) is 0 Å². The predicted octanol–water partition coefficient (Wildman–Crippen LogP) is 3.97. The summed E-state index contributed by atoms with van der Waals surface area (Å²) in [5, 5.41) is 7.30. The second-order valence-corrected chi connectivity index (χ2v) is 6.87. The molecule has 2 heterocycles. The zero-order valence-electron chi connectivity index (χ0n) is 16.0. The van der Waals surface area contributed by atoms with Crippen LogP contribution in [0.25, 0.3) is 16.8 Å². The number of rotatable bonds is 5. The van der Waals surface area contributed by atoms with Crippen LogP contribution >= 0.6 is 11.6 Å². The van der Waals surface area contributed by atoms with Crippen LogP contribution in [0.5, 0.6) is 0 Å². The fourth-order valence-electron chi connectivity index (χ4n) is 2.84. The van der Waals surface area contributed by atoms with Crippen molar-refractivity contribution in [1.82, 2.24) is 25.1 Å². The summed E-state index contributed by atoms with van der Waals surface area (Å²) in [6.07, 6.45) is 3.20. The second-order valence-electron chi connectivity index (χ2n) is 6.44. The third-order valence-corrected chi connectivity index (χ3v) is 4.56. The monoisotopic (exact) mass is 438 g/mol. The van der Waals surface area contributed by atoms with Crippen molar-refractivity contribution in [2.24, 2.45) is 5.84 Å². The number of hydrogen-bond acceptors (Lipinski definition) is 4. The number of amides is 2. The van der Waals surface area contributed by atoms with Gasteiger partial charge in [0.2, 0.25) is 0 Å². The number of carbonyl (C=O) groups excluding carboxylic acids is 1. The van der Waals surface area contributed by atoms with Crippen LogP contribution in [0.15, 0.2) is 36.8 Å². The molecule has 0 aliphatic rings. The Bertz CT molecular complexity index is 1090. The molecule has 1 aromatic carbocycles. The van der Waals surface area contributed by atoms with Crippen LogP contribution in [-0.4, -0.2) is 32.3 Å². The maximum atomic E-state index is 14.8. The van der Waals surface area contributed by atoms with Gasteiger partial charge in [-0.1, -0.05) is 11.6 Å². The molecule has 0 bridgehead atoms. The van der Waals surface area contributed by atoms with Gasteiger partial charge in [0.15, 0.2) is 11.6 Å². The lowest BCUT2D eigenvalue weighted by Gasteiger charge is -2.20. The molecule has 3 N–H and O–H groups in total. The molecule has 30 heavy (non-hydrogen) atoms. The van der Waals surface area contributed by atoms with Gasteiger partial charge >= 0.3 is 6.03 Å². The first-order valence-corrected chi connectivity index (χ1v) is 9.27. The molecule has 1 atom stereocenters. The molecular weight excluding hydrogens is 421 g/mol. The minimum atomic E-state index is -0.778. The molecule has 0 saturated heterocycles. The van der Waals surface area contributed by atoms with Crippen molar-refractivity contribution >= 4 is 17.6 Å². The lowest BCUT2D eigenvalue weighted by atomic mass is 10.0. The van der Waals surface area contributed by atoms with Crippen LogP contribution in [0.3, 0.4) is 0 Å². The van der Waals surface area contributed by atoms with Gasteiger partial charge in [0.1, 0.15) is 11.5 Å². The van der Waals surface area contributed by atoms with E-state index < -0.39 is 29.5 Å². The SMILES string of the molecule is CCN(N)C(=O)N[C@H](C)c1ncc(-c2cc(Cl)cc(F)c2-n2cc(F)cn2)cc1F. The number of halogens is 4. The summed E-state index contributed by atoms with van der Waals surface area (Å²) in [7, 11) is 0. The van der Waals surface area contributed by atoms with Gasteiger partial charge < -0.3 is 5.32 Å². The number of benzene rings is 1. The molecule has 0 fully saturated rings. The van der Waals surface area contributed by atoms with Crippen molar-refractivity contribution in [3.63, 3.8) is 0 Å². The molecule has 158 valence electrons. The van der Waals surface area contributed by atoms with E-state index in [1.54, 1.807) is 13.8 Å². The molecule has 2 amide bonds. The first-order valence-electron chi connectivity index (χ1n) is 8.89. The van der Waals surface area contributed by atoms with Gasteiger partial charge in [-0.25, -0.2) is 28.5 Å². The third-order valence-electron chi connectivity index (χ3n) is 4.34. The Morgan fingerprint density at radius 1 is 1.27 bits per heavy atom. The Hall–Kier alpha value is -3.11. The zero-order valence-corrected chi connectivity index (χ0v) is 16.8. The normalized spacial score (nSPS) is 12.0.